The number of phenols is 3. The van der Waals surface area contributed by atoms with E-state index in [1.807, 2.05) is 7.05 Å². The summed E-state index contributed by atoms with van der Waals surface area (Å²) in [5, 5.41) is 30.2. The number of aryl methyl sites for hydroxylation is 1. The lowest BCUT2D eigenvalue weighted by molar-refractivity contribution is 0.0485. The number of nitrogens with zero attached hydrogens (tertiary/aromatic N) is 1. The van der Waals surface area contributed by atoms with E-state index in [0.717, 1.165) is 25.0 Å². The van der Waals surface area contributed by atoms with Crippen molar-refractivity contribution in [3.8, 4) is 23.0 Å². The minimum atomic E-state index is -0.438. The van der Waals surface area contributed by atoms with Crippen LogP contribution in [-0.4, -0.2) is 35.5 Å². The van der Waals surface area contributed by atoms with Crippen LogP contribution in [0.2, 0.25) is 0 Å². The number of fused-ring (bicyclic) bond motifs is 5. The standard InChI is InChI=1S/C26H33NO4/c1-26-13-12-18-17-7-5-16(31-3)14-15(17)4-6-19(18)20(26)8-11-23(26)27(2)21-9-10-22(28)25(30)24(21)29/h5,7,9-10,14,18-20,23,28-30H,4,6,8,11-13H2,1-3H3/t18-,19-,20+,23+,26+/m1/s1. The van der Waals surface area contributed by atoms with E-state index < -0.39 is 5.75 Å². The monoisotopic (exact) mass is 423 g/mol. The van der Waals surface area contributed by atoms with Crippen LogP contribution in [0, 0.1) is 17.3 Å². The van der Waals surface area contributed by atoms with Crippen molar-refractivity contribution in [2.45, 2.75) is 57.4 Å². The molecule has 0 aromatic heterocycles. The molecule has 0 aliphatic heterocycles. The number of benzene rings is 2. The molecule has 31 heavy (non-hydrogen) atoms. The van der Waals surface area contributed by atoms with Gasteiger partial charge in [-0.05, 0) is 97.1 Å². The third kappa shape index (κ3) is 2.96. The van der Waals surface area contributed by atoms with E-state index >= 15 is 0 Å². The van der Waals surface area contributed by atoms with E-state index in [-0.39, 0.29) is 16.9 Å². The summed E-state index contributed by atoms with van der Waals surface area (Å²) in [5.74, 6) is 1.97. The van der Waals surface area contributed by atoms with Crippen LogP contribution in [0.15, 0.2) is 30.3 Å². The molecule has 5 rings (SSSR count). The highest BCUT2D eigenvalue weighted by Gasteiger charge is 2.56. The lowest BCUT2D eigenvalue weighted by atomic mass is 9.55. The van der Waals surface area contributed by atoms with Gasteiger partial charge in [0, 0.05) is 13.1 Å². The molecular formula is C26H33NO4. The number of methoxy groups -OCH3 is 1. The second kappa shape index (κ2) is 7.25. The van der Waals surface area contributed by atoms with Crippen molar-refractivity contribution in [3.05, 3.63) is 41.5 Å². The Morgan fingerprint density at radius 1 is 1.00 bits per heavy atom. The Balaban J connectivity index is 1.43. The average Bonchev–Trinajstić information content (AvgIpc) is 3.13. The van der Waals surface area contributed by atoms with Gasteiger partial charge >= 0.3 is 0 Å². The number of hydrogen-bond donors (Lipinski definition) is 3. The molecular weight excluding hydrogens is 390 g/mol. The molecule has 3 aliphatic carbocycles. The largest absolute Gasteiger partial charge is 0.504 e. The summed E-state index contributed by atoms with van der Waals surface area (Å²) in [6.45, 7) is 2.43. The fourth-order valence-electron chi connectivity index (χ4n) is 7.31. The Kier molecular flexibility index (Phi) is 4.76. The Bertz CT molecular complexity index is 1010. The molecule has 2 saturated carbocycles. The highest BCUT2D eigenvalue weighted by molar-refractivity contribution is 5.68. The Morgan fingerprint density at radius 2 is 1.81 bits per heavy atom. The summed E-state index contributed by atoms with van der Waals surface area (Å²) in [6, 6.07) is 10.1. The third-order valence-corrected chi connectivity index (χ3v) is 8.84. The Hall–Kier alpha value is -2.56. The summed E-state index contributed by atoms with van der Waals surface area (Å²) < 4.78 is 5.45. The van der Waals surface area contributed by atoms with Gasteiger partial charge in [-0.2, -0.15) is 0 Å². The fraction of sp³-hybridized carbons (Fsp3) is 0.538. The van der Waals surface area contributed by atoms with Gasteiger partial charge in [-0.1, -0.05) is 13.0 Å². The molecule has 0 amide bonds. The highest BCUT2D eigenvalue weighted by atomic mass is 16.5. The lowest BCUT2D eigenvalue weighted by Gasteiger charge is -2.52. The quantitative estimate of drug-likeness (QED) is 0.594. The van der Waals surface area contributed by atoms with Crippen molar-refractivity contribution in [2.75, 3.05) is 19.1 Å². The maximum absolute atomic E-state index is 10.5. The van der Waals surface area contributed by atoms with Gasteiger partial charge in [0.25, 0.3) is 0 Å². The summed E-state index contributed by atoms with van der Waals surface area (Å²) in [5.41, 5.74) is 3.74. The van der Waals surface area contributed by atoms with Gasteiger partial charge < -0.3 is 25.0 Å². The molecule has 5 atom stereocenters. The van der Waals surface area contributed by atoms with Gasteiger partial charge in [-0.3, -0.25) is 0 Å². The fourth-order valence-corrected chi connectivity index (χ4v) is 7.31. The van der Waals surface area contributed by atoms with Gasteiger partial charge in [-0.15, -0.1) is 0 Å². The molecule has 0 spiro atoms. The first kappa shape index (κ1) is 20.3. The van der Waals surface area contributed by atoms with E-state index in [0.29, 0.717) is 29.5 Å². The predicted molar refractivity (Wildman–Crippen MR) is 121 cm³/mol. The van der Waals surface area contributed by atoms with Crippen molar-refractivity contribution >= 4 is 5.69 Å². The minimum absolute atomic E-state index is 0.167. The SMILES string of the molecule is COc1ccc2c(c1)CC[C@@H]1[C@@H]2CC[C@]2(C)[C@@H](N(C)c3ccc(O)c(O)c3O)CC[C@@H]12. The molecule has 5 nitrogen and oxygen atoms in total. The predicted octanol–water partition coefficient (Wildman–Crippen LogP) is 5.17. The normalized spacial score (nSPS) is 31.5. The first-order valence-electron chi connectivity index (χ1n) is 11.5. The molecule has 3 N–H and O–H groups in total. The second-order valence-corrected chi connectivity index (χ2v) is 10.0. The number of hydrogen-bond acceptors (Lipinski definition) is 5. The smallest absolute Gasteiger partial charge is 0.202 e. The molecule has 3 aliphatic rings. The molecule has 2 aromatic rings. The molecule has 0 radical (unpaired) electrons. The summed E-state index contributed by atoms with van der Waals surface area (Å²) in [4.78, 5) is 2.14. The maximum atomic E-state index is 10.5. The number of rotatable bonds is 3. The molecule has 0 heterocycles. The number of ether oxygens (including phenoxy) is 1. The third-order valence-electron chi connectivity index (χ3n) is 8.84. The zero-order valence-electron chi connectivity index (χ0n) is 18.6. The lowest BCUT2D eigenvalue weighted by Crippen LogP contribution is -2.49. The zero-order chi connectivity index (χ0) is 21.9. The summed E-state index contributed by atoms with van der Waals surface area (Å²) >= 11 is 0. The maximum Gasteiger partial charge on any atom is 0.202 e. The zero-order valence-corrected chi connectivity index (χ0v) is 18.6. The van der Waals surface area contributed by atoms with Crippen molar-refractivity contribution in [3.63, 3.8) is 0 Å². The van der Waals surface area contributed by atoms with Crippen LogP contribution < -0.4 is 9.64 Å². The van der Waals surface area contributed by atoms with E-state index in [1.165, 1.54) is 36.5 Å². The van der Waals surface area contributed by atoms with Gasteiger partial charge in [0.1, 0.15) is 5.75 Å². The second-order valence-electron chi connectivity index (χ2n) is 10.0. The van der Waals surface area contributed by atoms with Crippen LogP contribution in [-0.2, 0) is 6.42 Å². The first-order chi connectivity index (χ1) is 14.8. The topological polar surface area (TPSA) is 73.2 Å². The van der Waals surface area contributed by atoms with Crippen LogP contribution in [0.1, 0.15) is 56.1 Å². The Morgan fingerprint density at radius 3 is 2.58 bits per heavy atom. The van der Waals surface area contributed by atoms with Gasteiger partial charge in [0.15, 0.2) is 11.5 Å². The van der Waals surface area contributed by atoms with Crippen molar-refractivity contribution in [1.29, 1.82) is 0 Å². The van der Waals surface area contributed by atoms with Gasteiger partial charge in [-0.25, -0.2) is 0 Å². The van der Waals surface area contributed by atoms with Crippen molar-refractivity contribution < 1.29 is 20.1 Å². The average molecular weight is 424 g/mol. The molecule has 0 unspecified atom stereocenters. The number of phenolic OH excluding ortho intramolecular Hbond substituents is 3. The highest BCUT2D eigenvalue weighted by Crippen LogP contribution is 2.62. The van der Waals surface area contributed by atoms with Crippen molar-refractivity contribution in [2.24, 2.45) is 17.3 Å². The molecule has 2 aromatic carbocycles. The number of anilines is 1. The molecule has 0 bridgehead atoms. The summed E-state index contributed by atoms with van der Waals surface area (Å²) in [6.07, 6.45) is 6.97. The van der Waals surface area contributed by atoms with Crippen LogP contribution >= 0.6 is 0 Å². The van der Waals surface area contributed by atoms with Crippen molar-refractivity contribution in [1.82, 2.24) is 0 Å². The van der Waals surface area contributed by atoms with Crippen LogP contribution in [0.25, 0.3) is 0 Å². The molecule has 2 fully saturated rings. The van der Waals surface area contributed by atoms with Gasteiger partial charge in [0.2, 0.25) is 5.75 Å². The Labute approximate surface area is 184 Å². The summed E-state index contributed by atoms with van der Waals surface area (Å²) in [7, 11) is 3.75. The number of aromatic hydroxyl groups is 3. The molecule has 5 heteroatoms. The molecule has 166 valence electrons. The molecule has 0 saturated heterocycles. The van der Waals surface area contributed by atoms with E-state index in [9.17, 15) is 15.3 Å². The van der Waals surface area contributed by atoms with E-state index in [4.69, 9.17) is 4.74 Å². The van der Waals surface area contributed by atoms with E-state index in [1.54, 1.807) is 13.2 Å². The van der Waals surface area contributed by atoms with E-state index in [2.05, 4.69) is 30.0 Å². The van der Waals surface area contributed by atoms with Crippen LogP contribution in [0.5, 0.6) is 23.0 Å². The first-order valence-corrected chi connectivity index (χ1v) is 11.5. The minimum Gasteiger partial charge on any atom is -0.504 e. The van der Waals surface area contributed by atoms with Crippen LogP contribution in [0.3, 0.4) is 0 Å². The van der Waals surface area contributed by atoms with Gasteiger partial charge in [0.05, 0.1) is 12.8 Å². The van der Waals surface area contributed by atoms with Crippen LogP contribution in [0.4, 0.5) is 5.69 Å².